The molecule has 124 heavy (non-hydrogen) atoms. The second-order valence-corrected chi connectivity index (χ2v) is 34.2. The molecule has 0 bridgehead atoms. The van der Waals surface area contributed by atoms with Crippen LogP contribution in [0.2, 0.25) is 0 Å². The van der Waals surface area contributed by atoms with Gasteiger partial charge in [-0.05, 0) is 125 Å². The molecule has 4 aromatic carbocycles. The largest absolute Gasteiger partial charge is 0.391 e. The summed E-state index contributed by atoms with van der Waals surface area (Å²) in [7, 11) is 0. The van der Waals surface area contributed by atoms with Gasteiger partial charge in [0.25, 0.3) is 0 Å². The van der Waals surface area contributed by atoms with E-state index in [1.807, 2.05) is 6.07 Å². The van der Waals surface area contributed by atoms with Crippen molar-refractivity contribution in [2.24, 2.45) is 40.3 Å². The van der Waals surface area contributed by atoms with Crippen LogP contribution in [0.4, 0.5) is 0 Å². The number of aliphatic hydroxyl groups excluding tert-OH is 1. The van der Waals surface area contributed by atoms with Crippen molar-refractivity contribution in [3.05, 3.63) is 119 Å². The molecule has 27 N–H and O–H groups in total. The molecule has 0 unspecified atom stereocenters. The number of aromatic amines is 1. The SMILES string of the molecule is CC(=O)NCCCC[C@H](NC(=O)[C@@](C)(NC(=O)[C@H](Cc1ccc2ccccc2c1)NC(=O)[C@H](Cc1ccc(C(N)=O)cc1)NC(=O)[C@@H](NC(=O)[C@H](CCC(N)=O)NC(=O)[C@H](Cc1c[nH]c2ccccc12)NC(=O)[C@@H](NC(=O)[C@H](CCC(N)=O)NC(=O)[C@@H](NC(C)=O)C(C)(C)S)[C@@H](C)O)C(C)(C)S)C(C)C)C(=O)N[C@@H](CC(N)=O)C(=O)N[C@@H](CC(N)=O)C(N)=O. The number of rotatable bonds is 50. The third-order valence-corrected chi connectivity index (χ3v) is 20.7. The molecule has 5 rings (SSSR count). The van der Waals surface area contributed by atoms with E-state index in [0.717, 1.165) is 19.2 Å². The van der Waals surface area contributed by atoms with Gasteiger partial charge in [0.15, 0.2) is 0 Å². The van der Waals surface area contributed by atoms with Crippen LogP contribution in [0.25, 0.3) is 21.7 Å². The number of carbonyl (C=O) groups is 19. The van der Waals surface area contributed by atoms with Gasteiger partial charge in [0.2, 0.25) is 112 Å². The van der Waals surface area contributed by atoms with Gasteiger partial charge < -0.3 is 114 Å². The van der Waals surface area contributed by atoms with Crippen molar-refractivity contribution < 1.29 is 96.2 Å². The first-order valence-corrected chi connectivity index (χ1v) is 40.6. The summed E-state index contributed by atoms with van der Waals surface area (Å²) in [6, 6.07) is 5.60. The number of H-pyrrole nitrogens is 1. The Morgan fingerprint density at radius 2 is 0.871 bits per heavy atom. The number of benzene rings is 4. The average molecular weight is 1760 g/mol. The molecular weight excluding hydrogens is 1650 g/mol. The van der Waals surface area contributed by atoms with Gasteiger partial charge in [-0.15, -0.1) is 0 Å². The molecule has 0 aliphatic carbocycles. The number of carbonyl (C=O) groups excluding carboxylic acids is 19. The normalized spacial score (nSPS) is 14.8. The highest BCUT2D eigenvalue weighted by Gasteiger charge is 2.45. The summed E-state index contributed by atoms with van der Waals surface area (Å²) in [6.07, 6.45) is -5.08. The highest BCUT2D eigenvalue weighted by molar-refractivity contribution is 7.82. The molecule has 0 spiro atoms. The lowest BCUT2D eigenvalue weighted by Crippen LogP contribution is -2.66. The standard InChI is InChI=1S/C82H114N20O20S2/c1-40(2)82(10,79(122)99-52(21-15-16-32-89-42(4)104)69(112)96-59(38-63(86)109)74(117)94-55(68(88)111)37-62(85)108)102-75(118)57(35-45-24-25-46-17-11-12-18-48(46)33-45)95-72(115)56(34-44-22-26-47(27-23-44)67(87)110)98-78(121)66(81(8,9)124)101-71(114)54(29-31-61(84)107)92-73(116)58(36-49-39-90-51-20-14-13-19-50(49)51)97-76(119)64(41(3)103)100-70(113)53(28-30-60(83)106)93-77(120)65(80(6,7)123)91-43(5)105/h11-14,17-20,22-27,33,39-41,52-59,64-66,90,103,123-124H,15-16,21,28-32,34-38H2,1-10H3,(H2,83,106)(H2,84,107)(H2,85,108)(H2,86,109)(H2,87,110)(H2,88,111)(H,89,104)(H,91,105)(H,92,116)(H,93,120)(H,94,117)(H,95,115)(H,96,112)(H,97,119)(H,98,121)(H,99,122)(H,100,113)(H,101,114)(H,102,118)/t41-,52+,53+,54+,55+,56+,57+,58+,59+,64+,65-,66-,82+/m1/s1. The molecule has 1 heterocycles. The number of hydrogen-bond donors (Lipinski definition) is 23. The summed E-state index contributed by atoms with van der Waals surface area (Å²) in [4.78, 5) is 263. The average Bonchev–Trinajstić information content (AvgIpc) is 1.68. The van der Waals surface area contributed by atoms with E-state index < -0.39 is 251 Å². The number of para-hydroxylation sites is 1. The number of primary amides is 6. The Balaban J connectivity index is 1.56. The zero-order chi connectivity index (χ0) is 93.0. The maximum atomic E-state index is 15.5. The number of amides is 19. The maximum absolute atomic E-state index is 15.5. The molecule has 0 radical (unpaired) electrons. The monoisotopic (exact) mass is 1760 g/mol. The highest BCUT2D eigenvalue weighted by atomic mass is 32.1. The molecular formula is C82H114N20O20S2. The minimum absolute atomic E-state index is 0.0404. The zero-order valence-corrected chi connectivity index (χ0v) is 72.3. The molecule has 0 aliphatic heterocycles. The molecule has 674 valence electrons. The van der Waals surface area contributed by atoms with E-state index >= 15 is 28.8 Å². The van der Waals surface area contributed by atoms with Gasteiger partial charge in [0.05, 0.1) is 18.9 Å². The van der Waals surface area contributed by atoms with Gasteiger partial charge in [-0.25, -0.2) is 0 Å². The lowest BCUT2D eigenvalue weighted by atomic mass is 9.86. The Hall–Kier alpha value is -12.7. The number of hydrogen-bond acceptors (Lipinski definition) is 22. The lowest BCUT2D eigenvalue weighted by molar-refractivity contribution is -0.139. The smallest absolute Gasteiger partial charge is 0.248 e. The maximum Gasteiger partial charge on any atom is 0.248 e. The third-order valence-electron chi connectivity index (χ3n) is 20.2. The molecule has 40 nitrogen and oxygen atoms in total. The number of fused-ring (bicyclic) bond motifs is 2. The molecule has 0 fully saturated rings. The molecule has 1 aromatic heterocycles. The van der Waals surface area contributed by atoms with E-state index in [1.54, 1.807) is 74.5 Å². The van der Waals surface area contributed by atoms with E-state index in [9.17, 15) is 67.4 Å². The second kappa shape index (κ2) is 46.5. The van der Waals surface area contributed by atoms with Gasteiger partial charge in [-0.3, -0.25) is 91.1 Å². The molecule has 0 aliphatic rings. The predicted octanol–water partition coefficient (Wildman–Crippen LogP) is -3.80. The van der Waals surface area contributed by atoms with E-state index in [1.165, 1.54) is 72.0 Å². The second-order valence-electron chi connectivity index (χ2n) is 31.9. The first-order chi connectivity index (χ1) is 57.9. The number of aliphatic hydroxyl groups is 1. The highest BCUT2D eigenvalue weighted by Crippen LogP contribution is 2.26. The fraction of sp³-hybridized carbons (Fsp3) is 0.476. The number of unbranched alkanes of at least 4 members (excludes halogenated alkanes) is 1. The van der Waals surface area contributed by atoms with Crippen LogP contribution in [0.5, 0.6) is 0 Å². The Kier molecular flexibility index (Phi) is 38.2. The van der Waals surface area contributed by atoms with E-state index in [-0.39, 0.29) is 49.3 Å². The van der Waals surface area contributed by atoms with Crippen molar-refractivity contribution in [3.63, 3.8) is 0 Å². The molecule has 19 amide bonds. The molecule has 0 saturated carbocycles. The van der Waals surface area contributed by atoms with Crippen LogP contribution in [0.1, 0.15) is 154 Å². The predicted molar refractivity (Wildman–Crippen MR) is 461 cm³/mol. The Morgan fingerprint density at radius 1 is 0.427 bits per heavy atom. The third kappa shape index (κ3) is 31.9. The number of thiol groups is 2. The topological polar surface area (TPSA) is 673 Å². The van der Waals surface area contributed by atoms with Crippen molar-refractivity contribution in [2.45, 2.75) is 234 Å². The van der Waals surface area contributed by atoms with Crippen molar-refractivity contribution in [3.8, 4) is 0 Å². The van der Waals surface area contributed by atoms with Crippen LogP contribution in [-0.2, 0) is 106 Å². The summed E-state index contributed by atoms with van der Waals surface area (Å²) in [5.74, 6) is -20.1. The van der Waals surface area contributed by atoms with Crippen LogP contribution in [-0.4, -0.2) is 216 Å². The zero-order valence-electron chi connectivity index (χ0n) is 70.5. The quantitative estimate of drug-likeness (QED) is 0.0131. The van der Waals surface area contributed by atoms with Crippen molar-refractivity contribution in [2.75, 3.05) is 6.54 Å². The fourth-order valence-electron chi connectivity index (χ4n) is 12.9. The Bertz CT molecular complexity index is 4780. The van der Waals surface area contributed by atoms with Crippen LogP contribution in [0.15, 0.2) is 97.2 Å². The van der Waals surface area contributed by atoms with Gasteiger partial charge in [0, 0.05) is 84.7 Å². The van der Waals surface area contributed by atoms with Crippen LogP contribution in [0, 0.1) is 5.92 Å². The van der Waals surface area contributed by atoms with Gasteiger partial charge in [-0.1, -0.05) is 86.6 Å². The van der Waals surface area contributed by atoms with Gasteiger partial charge >= 0.3 is 0 Å². The summed E-state index contributed by atoms with van der Waals surface area (Å²) in [5, 5.41) is 46.1. The summed E-state index contributed by atoms with van der Waals surface area (Å²) >= 11 is 9.15. The number of nitrogens with one attached hydrogen (secondary N) is 14. The fourth-order valence-corrected chi connectivity index (χ4v) is 13.3. The van der Waals surface area contributed by atoms with Crippen molar-refractivity contribution in [1.29, 1.82) is 0 Å². The molecule has 13 atom stereocenters. The summed E-state index contributed by atoms with van der Waals surface area (Å²) < 4.78 is -2.89. The minimum Gasteiger partial charge on any atom is -0.391 e. The Morgan fingerprint density at radius 3 is 1.40 bits per heavy atom. The number of nitrogens with two attached hydrogens (primary N) is 6. The number of aromatic nitrogens is 1. The van der Waals surface area contributed by atoms with Crippen molar-refractivity contribution >= 4 is 159 Å². The minimum atomic E-state index is -2.05. The van der Waals surface area contributed by atoms with E-state index in [2.05, 4.69) is 86.7 Å². The van der Waals surface area contributed by atoms with Crippen molar-refractivity contribution in [1.82, 2.24) is 74.1 Å². The molecule has 0 saturated heterocycles. The summed E-state index contributed by atoms with van der Waals surface area (Å²) in [6.45, 7) is 13.8. The lowest BCUT2D eigenvalue weighted by Gasteiger charge is -2.36. The van der Waals surface area contributed by atoms with E-state index in [0.29, 0.717) is 27.4 Å². The van der Waals surface area contributed by atoms with Crippen LogP contribution < -0.4 is 104 Å². The van der Waals surface area contributed by atoms with Gasteiger partial charge in [0.1, 0.15) is 72.0 Å². The first-order valence-electron chi connectivity index (χ1n) is 39.7. The van der Waals surface area contributed by atoms with Crippen LogP contribution >= 0.6 is 25.3 Å². The first kappa shape index (κ1) is 102. The van der Waals surface area contributed by atoms with E-state index in [4.69, 9.17) is 47.0 Å². The van der Waals surface area contributed by atoms with Gasteiger partial charge in [-0.2, -0.15) is 25.3 Å². The Labute approximate surface area is 726 Å². The molecule has 5 aromatic rings. The summed E-state index contributed by atoms with van der Waals surface area (Å²) in [5.41, 5.74) is 32.5. The van der Waals surface area contributed by atoms with Crippen LogP contribution in [0.3, 0.4) is 0 Å². The molecule has 42 heteroatoms.